The maximum Gasteiger partial charge on any atom is 0.321 e. The molecule has 3 amide bonds. The molecule has 28 heavy (non-hydrogen) atoms. The Morgan fingerprint density at radius 3 is 2.32 bits per heavy atom. The Labute approximate surface area is 165 Å². The Kier molecular flexibility index (Phi) is 6.49. The van der Waals surface area contributed by atoms with Gasteiger partial charge in [0.1, 0.15) is 5.75 Å². The fourth-order valence-corrected chi connectivity index (χ4v) is 3.68. The van der Waals surface area contributed by atoms with E-state index < -0.39 is 12.1 Å². The number of nitrogens with zero attached hydrogens (tertiary/aromatic N) is 1. The molecule has 0 aliphatic carbocycles. The van der Waals surface area contributed by atoms with Gasteiger partial charge in [0.15, 0.2) is 6.04 Å². The number of methoxy groups -OCH3 is 1. The highest BCUT2D eigenvalue weighted by atomic mass is 16.5. The SMILES string of the molecule is CNC(=O)NC(=O)[C@H](c1ccccc1)[NH+]1CCN(c2ccccc2OC)CC1. The van der Waals surface area contributed by atoms with Crippen LogP contribution in [-0.4, -0.2) is 52.3 Å². The van der Waals surface area contributed by atoms with E-state index in [4.69, 9.17) is 4.74 Å². The first-order chi connectivity index (χ1) is 13.6. The van der Waals surface area contributed by atoms with Crippen LogP contribution in [0.3, 0.4) is 0 Å². The first-order valence-electron chi connectivity index (χ1n) is 9.44. The van der Waals surface area contributed by atoms with E-state index in [9.17, 15) is 9.59 Å². The lowest BCUT2D eigenvalue weighted by Crippen LogP contribution is -3.16. The van der Waals surface area contributed by atoms with E-state index in [1.54, 1.807) is 7.11 Å². The highest BCUT2D eigenvalue weighted by Crippen LogP contribution is 2.27. The Morgan fingerprint density at radius 1 is 1.04 bits per heavy atom. The summed E-state index contributed by atoms with van der Waals surface area (Å²) < 4.78 is 5.48. The fraction of sp³-hybridized carbons (Fsp3) is 0.333. The molecule has 7 nitrogen and oxygen atoms in total. The normalized spacial score (nSPS) is 15.6. The average Bonchev–Trinajstić information content (AvgIpc) is 2.75. The molecule has 3 rings (SSSR count). The average molecular weight is 383 g/mol. The summed E-state index contributed by atoms with van der Waals surface area (Å²) in [6.07, 6.45) is 0. The van der Waals surface area contributed by atoms with Gasteiger partial charge in [0.25, 0.3) is 5.91 Å². The summed E-state index contributed by atoms with van der Waals surface area (Å²) in [5, 5.41) is 4.89. The van der Waals surface area contributed by atoms with Crippen LogP contribution in [0.5, 0.6) is 5.75 Å². The zero-order valence-corrected chi connectivity index (χ0v) is 16.3. The first kappa shape index (κ1) is 19.7. The number of carbonyl (C=O) groups excluding carboxylic acids is 2. The van der Waals surface area contributed by atoms with E-state index in [-0.39, 0.29) is 5.91 Å². The monoisotopic (exact) mass is 383 g/mol. The second kappa shape index (κ2) is 9.23. The van der Waals surface area contributed by atoms with Crippen molar-refractivity contribution in [2.75, 3.05) is 45.2 Å². The molecule has 2 aromatic carbocycles. The van der Waals surface area contributed by atoms with Crippen molar-refractivity contribution in [3.63, 3.8) is 0 Å². The summed E-state index contributed by atoms with van der Waals surface area (Å²) in [6.45, 7) is 3.15. The lowest BCUT2D eigenvalue weighted by atomic mass is 10.0. The van der Waals surface area contributed by atoms with Gasteiger partial charge in [-0.3, -0.25) is 10.1 Å². The van der Waals surface area contributed by atoms with Crippen molar-refractivity contribution in [2.45, 2.75) is 6.04 Å². The Bertz CT molecular complexity index is 804. The minimum Gasteiger partial charge on any atom is -0.495 e. The van der Waals surface area contributed by atoms with Crippen molar-refractivity contribution >= 4 is 17.6 Å². The number of urea groups is 1. The Hall–Kier alpha value is -3.06. The molecule has 1 saturated heterocycles. The number of anilines is 1. The van der Waals surface area contributed by atoms with Crippen LogP contribution in [0.4, 0.5) is 10.5 Å². The van der Waals surface area contributed by atoms with E-state index in [2.05, 4.69) is 21.6 Å². The topological polar surface area (TPSA) is 75.1 Å². The predicted octanol–water partition coefficient (Wildman–Crippen LogP) is 0.597. The summed E-state index contributed by atoms with van der Waals surface area (Å²) in [6, 6.07) is 16.7. The van der Waals surface area contributed by atoms with Crippen molar-refractivity contribution < 1.29 is 19.2 Å². The lowest BCUT2D eigenvalue weighted by molar-refractivity contribution is -0.922. The van der Waals surface area contributed by atoms with Crippen LogP contribution in [-0.2, 0) is 4.79 Å². The van der Waals surface area contributed by atoms with E-state index in [1.165, 1.54) is 7.05 Å². The zero-order chi connectivity index (χ0) is 19.9. The molecule has 148 valence electrons. The third-order valence-corrected chi connectivity index (χ3v) is 5.10. The van der Waals surface area contributed by atoms with Gasteiger partial charge in [0.05, 0.1) is 39.0 Å². The van der Waals surface area contributed by atoms with E-state index >= 15 is 0 Å². The molecule has 0 radical (unpaired) electrons. The molecular weight excluding hydrogens is 356 g/mol. The van der Waals surface area contributed by atoms with Crippen LogP contribution in [0.15, 0.2) is 54.6 Å². The number of ether oxygens (including phenoxy) is 1. The number of hydrogen-bond donors (Lipinski definition) is 3. The number of para-hydroxylation sites is 2. The maximum absolute atomic E-state index is 12.8. The van der Waals surface area contributed by atoms with Crippen LogP contribution in [0.25, 0.3) is 0 Å². The van der Waals surface area contributed by atoms with Crippen molar-refractivity contribution in [2.24, 2.45) is 0 Å². The first-order valence-corrected chi connectivity index (χ1v) is 9.44. The number of quaternary nitrogens is 1. The fourth-order valence-electron chi connectivity index (χ4n) is 3.68. The molecule has 7 heteroatoms. The van der Waals surface area contributed by atoms with E-state index in [0.717, 1.165) is 48.1 Å². The third-order valence-electron chi connectivity index (χ3n) is 5.10. The molecule has 1 aliphatic heterocycles. The molecule has 1 atom stereocenters. The van der Waals surface area contributed by atoms with Gasteiger partial charge in [-0.15, -0.1) is 0 Å². The van der Waals surface area contributed by atoms with E-state index in [1.807, 2.05) is 48.5 Å². The number of carbonyl (C=O) groups is 2. The molecular formula is C21H27N4O3+. The summed E-state index contributed by atoms with van der Waals surface area (Å²) in [7, 11) is 3.17. The van der Waals surface area contributed by atoms with Crippen LogP contribution in [0.1, 0.15) is 11.6 Å². The number of rotatable bonds is 5. The zero-order valence-electron chi connectivity index (χ0n) is 16.3. The molecule has 0 aromatic heterocycles. The highest BCUT2D eigenvalue weighted by molar-refractivity contribution is 5.96. The van der Waals surface area contributed by atoms with Gasteiger partial charge >= 0.3 is 6.03 Å². The molecule has 0 bridgehead atoms. The van der Waals surface area contributed by atoms with Gasteiger partial charge < -0.3 is 19.9 Å². The van der Waals surface area contributed by atoms with Crippen LogP contribution >= 0.6 is 0 Å². The van der Waals surface area contributed by atoms with Gasteiger partial charge in [-0.25, -0.2) is 4.79 Å². The number of imide groups is 1. The second-order valence-corrected chi connectivity index (χ2v) is 6.73. The summed E-state index contributed by atoms with van der Waals surface area (Å²) in [5.41, 5.74) is 1.97. The Morgan fingerprint density at radius 2 is 1.68 bits per heavy atom. The van der Waals surface area contributed by atoms with Crippen molar-refractivity contribution in [1.82, 2.24) is 10.6 Å². The van der Waals surface area contributed by atoms with E-state index in [0.29, 0.717) is 0 Å². The number of amides is 3. The largest absolute Gasteiger partial charge is 0.495 e. The van der Waals surface area contributed by atoms with Gasteiger partial charge in [0.2, 0.25) is 0 Å². The smallest absolute Gasteiger partial charge is 0.321 e. The minimum absolute atomic E-state index is 0.286. The molecule has 0 unspecified atom stereocenters. The summed E-state index contributed by atoms with van der Waals surface area (Å²) in [5.74, 6) is 0.564. The number of piperazine rings is 1. The molecule has 1 heterocycles. The van der Waals surface area contributed by atoms with Gasteiger partial charge in [0, 0.05) is 12.6 Å². The quantitative estimate of drug-likeness (QED) is 0.707. The minimum atomic E-state index is -0.488. The van der Waals surface area contributed by atoms with Crippen LogP contribution < -0.4 is 25.2 Å². The predicted molar refractivity (Wildman–Crippen MR) is 108 cm³/mol. The summed E-state index contributed by atoms with van der Waals surface area (Å²) in [4.78, 5) is 27.9. The molecule has 1 fully saturated rings. The van der Waals surface area contributed by atoms with Crippen LogP contribution in [0, 0.1) is 0 Å². The van der Waals surface area contributed by atoms with Gasteiger partial charge in [-0.05, 0) is 12.1 Å². The van der Waals surface area contributed by atoms with Gasteiger partial charge in [-0.2, -0.15) is 0 Å². The number of nitrogens with one attached hydrogen (secondary N) is 3. The number of hydrogen-bond acceptors (Lipinski definition) is 4. The molecule has 2 aromatic rings. The molecule has 0 saturated carbocycles. The molecule has 3 N–H and O–H groups in total. The number of benzene rings is 2. The van der Waals surface area contributed by atoms with Crippen molar-refractivity contribution in [1.29, 1.82) is 0 Å². The highest BCUT2D eigenvalue weighted by Gasteiger charge is 2.35. The lowest BCUT2D eigenvalue weighted by Gasteiger charge is -2.37. The Balaban J connectivity index is 1.76. The standard InChI is InChI=1S/C21H26N4O3/c1-22-21(27)23-20(26)19(16-8-4-3-5-9-16)25-14-12-24(13-15-25)17-10-6-7-11-18(17)28-2/h3-11,19H,12-15H2,1-2H3,(H2,22,23,26,27)/p+1/t19-/m0/s1. The van der Waals surface area contributed by atoms with Crippen LogP contribution in [0.2, 0.25) is 0 Å². The van der Waals surface area contributed by atoms with Gasteiger partial charge in [-0.1, -0.05) is 42.5 Å². The van der Waals surface area contributed by atoms with Crippen molar-refractivity contribution in [3.8, 4) is 5.75 Å². The molecule has 0 spiro atoms. The third kappa shape index (κ3) is 4.43. The van der Waals surface area contributed by atoms with Crippen molar-refractivity contribution in [3.05, 3.63) is 60.2 Å². The summed E-state index contributed by atoms with van der Waals surface area (Å²) >= 11 is 0. The maximum atomic E-state index is 12.8. The molecule has 1 aliphatic rings. The second-order valence-electron chi connectivity index (χ2n) is 6.73.